The summed E-state index contributed by atoms with van der Waals surface area (Å²) in [5.74, 6) is -1.59. The second kappa shape index (κ2) is 12.1. The van der Waals surface area contributed by atoms with E-state index in [1.54, 1.807) is 12.1 Å². The van der Waals surface area contributed by atoms with Crippen molar-refractivity contribution in [2.75, 3.05) is 14.2 Å². The van der Waals surface area contributed by atoms with Gasteiger partial charge in [0, 0.05) is 4.90 Å². The summed E-state index contributed by atoms with van der Waals surface area (Å²) in [5.41, 5.74) is 0. The molecule has 188 valence electrons. The standard InChI is InChI=1S/C30H26FO4PS/c1-34-29(32)27(28(30(33)35-2)37-26-20-18-22(31)19-21-26)36(23-12-6-3-7-13-23,24-14-8-4-9-15-24)25-16-10-5-11-17-25/h3-21,28H,1-2H3. The van der Waals surface area contributed by atoms with E-state index in [9.17, 15) is 14.0 Å². The van der Waals surface area contributed by atoms with Gasteiger partial charge in [-0.3, -0.25) is 4.79 Å². The first kappa shape index (κ1) is 26.5. The zero-order valence-electron chi connectivity index (χ0n) is 20.4. The Morgan fingerprint density at radius 2 is 1.11 bits per heavy atom. The summed E-state index contributed by atoms with van der Waals surface area (Å²) in [6.45, 7) is -2.96. The fourth-order valence-electron chi connectivity index (χ4n) is 4.32. The van der Waals surface area contributed by atoms with Gasteiger partial charge >= 0.3 is 11.9 Å². The van der Waals surface area contributed by atoms with Gasteiger partial charge in [0.1, 0.15) is 11.1 Å². The van der Waals surface area contributed by atoms with Crippen molar-refractivity contribution in [1.29, 1.82) is 0 Å². The normalized spacial score (nSPS) is 11.9. The van der Waals surface area contributed by atoms with Gasteiger partial charge < -0.3 is 9.47 Å². The number of hydrogen-bond acceptors (Lipinski definition) is 5. The van der Waals surface area contributed by atoms with Crippen LogP contribution in [-0.2, 0) is 19.1 Å². The topological polar surface area (TPSA) is 52.6 Å². The second-order valence-corrected chi connectivity index (χ2v) is 12.6. The van der Waals surface area contributed by atoms with E-state index >= 15 is 0 Å². The highest BCUT2D eigenvalue weighted by atomic mass is 32.2. The molecule has 0 bridgehead atoms. The summed E-state index contributed by atoms with van der Waals surface area (Å²) in [7, 11) is 2.61. The lowest BCUT2D eigenvalue weighted by Gasteiger charge is -2.34. The molecule has 0 aliphatic carbocycles. The van der Waals surface area contributed by atoms with E-state index in [4.69, 9.17) is 9.47 Å². The van der Waals surface area contributed by atoms with E-state index in [-0.39, 0.29) is 0 Å². The molecule has 37 heavy (non-hydrogen) atoms. The molecule has 4 rings (SSSR count). The van der Waals surface area contributed by atoms with Crippen molar-refractivity contribution >= 4 is 51.8 Å². The molecule has 0 N–H and O–H groups in total. The Kier molecular flexibility index (Phi) is 8.65. The SMILES string of the molecule is COC(=O)C(C(Sc1ccc(F)cc1)C(=O)OC)=P(c1ccccc1)(c1ccccc1)c1ccccc1. The van der Waals surface area contributed by atoms with E-state index in [1.807, 2.05) is 91.0 Å². The predicted octanol–water partition coefficient (Wildman–Crippen LogP) is 4.80. The lowest BCUT2D eigenvalue weighted by molar-refractivity contribution is -0.140. The maximum absolute atomic E-state index is 13.9. The minimum absolute atomic E-state index is 0.291. The van der Waals surface area contributed by atoms with Crippen molar-refractivity contribution < 1.29 is 23.5 Å². The highest BCUT2D eigenvalue weighted by molar-refractivity contribution is 8.04. The number of thioether (sulfide) groups is 1. The monoisotopic (exact) mass is 532 g/mol. The van der Waals surface area contributed by atoms with Gasteiger partial charge in [0.05, 0.1) is 19.5 Å². The minimum Gasteiger partial charge on any atom is -0.468 e. The molecule has 0 saturated heterocycles. The molecule has 4 aromatic rings. The van der Waals surface area contributed by atoms with Crippen LogP contribution in [0.15, 0.2) is 120 Å². The fourth-order valence-corrected chi connectivity index (χ4v) is 10.3. The lowest BCUT2D eigenvalue weighted by Crippen LogP contribution is -2.42. The summed E-state index contributed by atoms with van der Waals surface area (Å²) >= 11 is 1.14. The number of carbonyl (C=O) groups is 2. The van der Waals surface area contributed by atoms with Crippen LogP contribution < -0.4 is 15.9 Å². The van der Waals surface area contributed by atoms with E-state index in [1.165, 1.54) is 26.4 Å². The molecular weight excluding hydrogens is 506 g/mol. The summed E-state index contributed by atoms with van der Waals surface area (Å²) < 4.78 is 24.3. The quantitative estimate of drug-likeness (QED) is 0.185. The third kappa shape index (κ3) is 5.41. The molecule has 0 fully saturated rings. The summed E-state index contributed by atoms with van der Waals surface area (Å²) in [5, 5.41) is 1.90. The van der Waals surface area contributed by atoms with Gasteiger partial charge in [-0.15, -0.1) is 11.8 Å². The Morgan fingerprint density at radius 3 is 1.49 bits per heavy atom. The second-order valence-electron chi connectivity index (χ2n) is 8.03. The van der Waals surface area contributed by atoms with Crippen LogP contribution in [-0.4, -0.2) is 36.7 Å². The molecule has 1 unspecified atom stereocenters. The van der Waals surface area contributed by atoms with Crippen LogP contribution in [0.1, 0.15) is 0 Å². The van der Waals surface area contributed by atoms with Crippen molar-refractivity contribution in [3.05, 3.63) is 121 Å². The molecule has 0 aromatic heterocycles. The van der Waals surface area contributed by atoms with Crippen LogP contribution in [0, 0.1) is 5.82 Å². The summed E-state index contributed by atoms with van der Waals surface area (Å²) in [6, 6.07) is 35.0. The Labute approximate surface area is 220 Å². The van der Waals surface area contributed by atoms with Gasteiger partial charge in [-0.05, 0) is 47.1 Å². The molecule has 1 atom stereocenters. The Hall–Kier alpha value is -3.60. The number of methoxy groups -OCH3 is 2. The van der Waals surface area contributed by atoms with Gasteiger partial charge in [0.2, 0.25) is 0 Å². The molecule has 4 nitrogen and oxygen atoms in total. The number of hydrogen-bond donors (Lipinski definition) is 0. The zero-order chi connectivity index (χ0) is 26.3. The molecule has 0 radical (unpaired) electrons. The van der Waals surface area contributed by atoms with Crippen LogP contribution in [0.2, 0.25) is 0 Å². The van der Waals surface area contributed by atoms with Gasteiger partial charge in [0.15, 0.2) is 0 Å². The summed E-state index contributed by atoms with van der Waals surface area (Å²) in [6.07, 6.45) is 0. The highest BCUT2D eigenvalue weighted by Gasteiger charge is 2.41. The highest BCUT2D eigenvalue weighted by Crippen LogP contribution is 2.49. The van der Waals surface area contributed by atoms with Crippen LogP contribution in [0.3, 0.4) is 0 Å². The Morgan fingerprint density at radius 1 is 0.676 bits per heavy atom. The maximum atomic E-state index is 13.9. The van der Waals surface area contributed by atoms with Crippen molar-refractivity contribution in [2.24, 2.45) is 0 Å². The van der Waals surface area contributed by atoms with Crippen molar-refractivity contribution in [2.45, 2.75) is 10.1 Å². The van der Waals surface area contributed by atoms with Crippen LogP contribution in [0.25, 0.3) is 0 Å². The Bertz CT molecular complexity index is 1310. The molecular formula is C30H26FO4PS. The number of carbonyl (C=O) groups excluding carboxylic acids is 2. The molecule has 0 aliphatic heterocycles. The number of esters is 2. The van der Waals surface area contributed by atoms with Gasteiger partial charge in [-0.2, -0.15) is 0 Å². The first-order chi connectivity index (χ1) is 18.0. The number of benzene rings is 4. The average Bonchev–Trinajstić information content (AvgIpc) is 2.96. The summed E-state index contributed by atoms with van der Waals surface area (Å²) in [4.78, 5) is 27.9. The number of halogens is 1. The average molecular weight is 533 g/mol. The molecule has 0 amide bonds. The third-order valence-corrected chi connectivity index (χ3v) is 11.7. The predicted molar refractivity (Wildman–Crippen MR) is 150 cm³/mol. The fraction of sp³-hybridized carbons (Fsp3) is 0.100. The Balaban J connectivity index is 2.21. The molecule has 0 heterocycles. The van der Waals surface area contributed by atoms with Crippen molar-refractivity contribution in [3.63, 3.8) is 0 Å². The largest absolute Gasteiger partial charge is 0.468 e. The van der Waals surface area contributed by atoms with E-state index in [2.05, 4.69) is 0 Å². The van der Waals surface area contributed by atoms with E-state index in [0.29, 0.717) is 10.2 Å². The zero-order valence-corrected chi connectivity index (χ0v) is 22.1. The van der Waals surface area contributed by atoms with Crippen LogP contribution in [0.4, 0.5) is 4.39 Å². The number of rotatable bonds is 8. The van der Waals surface area contributed by atoms with Crippen molar-refractivity contribution in [3.8, 4) is 0 Å². The molecule has 0 spiro atoms. The third-order valence-electron chi connectivity index (χ3n) is 5.92. The van der Waals surface area contributed by atoms with Gasteiger partial charge in [0.25, 0.3) is 0 Å². The van der Waals surface area contributed by atoms with Gasteiger partial charge in [-0.25, -0.2) is 9.18 Å². The smallest absolute Gasteiger partial charge is 0.336 e. The molecule has 0 saturated carbocycles. The first-order valence-electron chi connectivity index (χ1n) is 11.5. The van der Waals surface area contributed by atoms with Crippen molar-refractivity contribution in [1.82, 2.24) is 0 Å². The maximum Gasteiger partial charge on any atom is 0.336 e. The van der Waals surface area contributed by atoms with E-state index in [0.717, 1.165) is 27.7 Å². The van der Waals surface area contributed by atoms with Crippen LogP contribution >= 0.6 is 18.6 Å². The number of ether oxygens (including phenoxy) is 2. The molecule has 4 aromatic carbocycles. The van der Waals surface area contributed by atoms with E-state index < -0.39 is 29.9 Å². The lowest BCUT2D eigenvalue weighted by atomic mass is 10.3. The van der Waals surface area contributed by atoms with Crippen LogP contribution in [0.5, 0.6) is 0 Å². The van der Waals surface area contributed by atoms with Gasteiger partial charge in [-0.1, -0.05) is 91.0 Å². The minimum atomic E-state index is -2.96. The molecule has 7 heteroatoms. The first-order valence-corrected chi connectivity index (χ1v) is 14.2. The molecule has 0 aliphatic rings.